The van der Waals surface area contributed by atoms with Crippen LogP contribution >= 0.6 is 0 Å². The number of amides is 1. The van der Waals surface area contributed by atoms with Crippen molar-refractivity contribution in [3.63, 3.8) is 0 Å². The van der Waals surface area contributed by atoms with E-state index in [2.05, 4.69) is 5.32 Å². The summed E-state index contributed by atoms with van der Waals surface area (Å²) in [4.78, 5) is 22.9. The van der Waals surface area contributed by atoms with Crippen molar-refractivity contribution in [2.45, 2.75) is 31.5 Å². The summed E-state index contributed by atoms with van der Waals surface area (Å²) in [6, 6.07) is 5.01. The molecule has 0 radical (unpaired) electrons. The number of halogens is 1. The molecule has 1 fully saturated rings. The standard InChI is InChI=1S/C15H18FNO5/c16-10-3-5-11(6-4-10)22-13(15(19)20)9-17-14(18)8-12-2-1-7-21-12/h3-6,12-13H,1-2,7-9H2,(H,17,18)(H,19,20). The third-order valence-corrected chi connectivity index (χ3v) is 3.29. The summed E-state index contributed by atoms with van der Waals surface area (Å²) in [5.41, 5.74) is 0. The van der Waals surface area contributed by atoms with Gasteiger partial charge in [0.05, 0.1) is 19.1 Å². The third kappa shape index (κ3) is 5.00. The Balaban J connectivity index is 1.82. The lowest BCUT2D eigenvalue weighted by Gasteiger charge is -2.16. The van der Waals surface area contributed by atoms with Crippen LogP contribution in [0.2, 0.25) is 0 Å². The molecule has 2 N–H and O–H groups in total. The highest BCUT2D eigenvalue weighted by molar-refractivity contribution is 5.78. The lowest BCUT2D eigenvalue weighted by molar-refractivity contribution is -0.145. The van der Waals surface area contributed by atoms with Crippen LogP contribution in [0.15, 0.2) is 24.3 Å². The molecule has 7 heteroatoms. The zero-order chi connectivity index (χ0) is 15.9. The molecule has 0 spiro atoms. The minimum Gasteiger partial charge on any atom is -0.478 e. The van der Waals surface area contributed by atoms with Crippen molar-refractivity contribution in [2.24, 2.45) is 0 Å². The number of carboxylic acid groups (broad SMARTS) is 1. The van der Waals surface area contributed by atoms with E-state index in [-0.39, 0.29) is 30.7 Å². The highest BCUT2D eigenvalue weighted by atomic mass is 19.1. The number of rotatable bonds is 7. The monoisotopic (exact) mass is 311 g/mol. The Morgan fingerprint density at radius 2 is 2.14 bits per heavy atom. The maximum Gasteiger partial charge on any atom is 0.346 e. The van der Waals surface area contributed by atoms with Crippen LogP contribution in [-0.4, -0.2) is 42.3 Å². The number of hydrogen-bond acceptors (Lipinski definition) is 4. The van der Waals surface area contributed by atoms with Gasteiger partial charge in [-0.2, -0.15) is 0 Å². The van der Waals surface area contributed by atoms with E-state index < -0.39 is 17.9 Å². The second kappa shape index (κ2) is 7.74. The number of carboxylic acids is 1. The van der Waals surface area contributed by atoms with E-state index >= 15 is 0 Å². The molecule has 6 nitrogen and oxygen atoms in total. The fraction of sp³-hybridized carbons (Fsp3) is 0.467. The van der Waals surface area contributed by atoms with E-state index in [4.69, 9.17) is 14.6 Å². The first kappa shape index (κ1) is 16.2. The molecule has 1 aromatic carbocycles. The molecule has 2 rings (SSSR count). The fourth-order valence-electron chi connectivity index (χ4n) is 2.15. The molecule has 1 saturated heterocycles. The van der Waals surface area contributed by atoms with Crippen LogP contribution in [0.25, 0.3) is 0 Å². The van der Waals surface area contributed by atoms with Crippen molar-refractivity contribution in [3.05, 3.63) is 30.1 Å². The Kier molecular flexibility index (Phi) is 5.71. The van der Waals surface area contributed by atoms with E-state index in [1.54, 1.807) is 0 Å². The normalized spacial score (nSPS) is 18.7. The highest BCUT2D eigenvalue weighted by Gasteiger charge is 2.23. The largest absolute Gasteiger partial charge is 0.478 e. The Hall–Kier alpha value is -2.15. The molecule has 120 valence electrons. The predicted octanol–water partition coefficient (Wildman–Crippen LogP) is 1.34. The number of aliphatic carboxylic acids is 1. The fourth-order valence-corrected chi connectivity index (χ4v) is 2.15. The summed E-state index contributed by atoms with van der Waals surface area (Å²) in [5, 5.41) is 11.6. The molecule has 1 heterocycles. The van der Waals surface area contributed by atoms with Crippen molar-refractivity contribution in [2.75, 3.05) is 13.2 Å². The summed E-state index contributed by atoms with van der Waals surface area (Å²) < 4.78 is 23.4. The topological polar surface area (TPSA) is 84.9 Å². The molecular formula is C15H18FNO5. The van der Waals surface area contributed by atoms with Gasteiger partial charge in [-0.1, -0.05) is 0 Å². The van der Waals surface area contributed by atoms with Crippen LogP contribution in [0.1, 0.15) is 19.3 Å². The SMILES string of the molecule is O=C(CC1CCCO1)NCC(Oc1ccc(F)cc1)C(=O)O. The number of carbonyl (C=O) groups is 2. The molecule has 0 bridgehead atoms. The smallest absolute Gasteiger partial charge is 0.346 e. The van der Waals surface area contributed by atoms with Gasteiger partial charge >= 0.3 is 5.97 Å². The molecule has 22 heavy (non-hydrogen) atoms. The van der Waals surface area contributed by atoms with Gasteiger partial charge in [-0.15, -0.1) is 0 Å². The van der Waals surface area contributed by atoms with Crippen molar-refractivity contribution >= 4 is 11.9 Å². The van der Waals surface area contributed by atoms with Gasteiger partial charge in [0, 0.05) is 6.61 Å². The minimum absolute atomic E-state index is 0.0960. The van der Waals surface area contributed by atoms with Gasteiger partial charge in [-0.05, 0) is 37.1 Å². The number of hydrogen-bond donors (Lipinski definition) is 2. The lowest BCUT2D eigenvalue weighted by Crippen LogP contribution is -2.41. The van der Waals surface area contributed by atoms with Crippen molar-refractivity contribution < 1.29 is 28.6 Å². The first-order valence-corrected chi connectivity index (χ1v) is 7.08. The minimum atomic E-state index is -1.24. The van der Waals surface area contributed by atoms with Gasteiger partial charge in [0.15, 0.2) is 0 Å². The first-order chi connectivity index (χ1) is 10.5. The Morgan fingerprint density at radius 1 is 1.41 bits per heavy atom. The molecule has 0 aromatic heterocycles. The second-order valence-corrected chi connectivity index (χ2v) is 5.04. The first-order valence-electron chi connectivity index (χ1n) is 7.08. The molecule has 2 unspecified atom stereocenters. The van der Waals surface area contributed by atoms with E-state index in [9.17, 15) is 14.0 Å². The Labute approximate surface area is 127 Å². The Morgan fingerprint density at radius 3 is 2.73 bits per heavy atom. The average molecular weight is 311 g/mol. The molecule has 1 aliphatic rings. The summed E-state index contributed by atoms with van der Waals surface area (Å²) in [6.07, 6.45) is 0.647. The van der Waals surface area contributed by atoms with E-state index in [0.29, 0.717) is 6.61 Å². The lowest BCUT2D eigenvalue weighted by atomic mass is 10.2. The van der Waals surface area contributed by atoms with E-state index in [1.165, 1.54) is 24.3 Å². The molecule has 1 aliphatic heterocycles. The third-order valence-electron chi connectivity index (χ3n) is 3.29. The van der Waals surface area contributed by atoms with Gasteiger partial charge in [0.1, 0.15) is 11.6 Å². The number of nitrogens with one attached hydrogen (secondary N) is 1. The maximum absolute atomic E-state index is 12.8. The maximum atomic E-state index is 12.8. The van der Waals surface area contributed by atoms with Crippen LogP contribution in [-0.2, 0) is 14.3 Å². The molecule has 0 saturated carbocycles. The highest BCUT2D eigenvalue weighted by Crippen LogP contribution is 2.15. The van der Waals surface area contributed by atoms with Crippen molar-refractivity contribution in [1.29, 1.82) is 0 Å². The van der Waals surface area contributed by atoms with Crippen molar-refractivity contribution in [3.8, 4) is 5.75 Å². The van der Waals surface area contributed by atoms with Crippen LogP contribution < -0.4 is 10.1 Å². The van der Waals surface area contributed by atoms with Crippen LogP contribution in [0.5, 0.6) is 5.75 Å². The molecule has 2 atom stereocenters. The Bertz CT molecular complexity index is 513. The van der Waals surface area contributed by atoms with Crippen molar-refractivity contribution in [1.82, 2.24) is 5.32 Å². The van der Waals surface area contributed by atoms with Gasteiger partial charge in [-0.25, -0.2) is 9.18 Å². The average Bonchev–Trinajstić information content (AvgIpc) is 2.98. The van der Waals surface area contributed by atoms with Crippen LogP contribution in [0.3, 0.4) is 0 Å². The van der Waals surface area contributed by atoms with Crippen LogP contribution in [0.4, 0.5) is 4.39 Å². The summed E-state index contributed by atoms with van der Waals surface area (Å²) in [5.74, 6) is -1.70. The molecule has 0 aliphatic carbocycles. The summed E-state index contributed by atoms with van der Waals surface area (Å²) in [7, 11) is 0. The zero-order valence-corrected chi connectivity index (χ0v) is 12.0. The molecule has 1 amide bonds. The molecular weight excluding hydrogens is 293 g/mol. The van der Waals surface area contributed by atoms with E-state index in [0.717, 1.165) is 12.8 Å². The van der Waals surface area contributed by atoms with Crippen LogP contribution in [0, 0.1) is 5.82 Å². The number of benzene rings is 1. The van der Waals surface area contributed by atoms with E-state index in [1.807, 2.05) is 0 Å². The zero-order valence-electron chi connectivity index (χ0n) is 12.0. The van der Waals surface area contributed by atoms with Gasteiger partial charge in [0.25, 0.3) is 0 Å². The predicted molar refractivity (Wildman–Crippen MR) is 75.1 cm³/mol. The quantitative estimate of drug-likeness (QED) is 0.794. The second-order valence-electron chi connectivity index (χ2n) is 5.04. The summed E-state index contributed by atoms with van der Waals surface area (Å²) in [6.45, 7) is 0.488. The number of carbonyl (C=O) groups excluding carboxylic acids is 1. The number of ether oxygens (including phenoxy) is 2. The van der Waals surface area contributed by atoms with Gasteiger partial charge in [-0.3, -0.25) is 4.79 Å². The van der Waals surface area contributed by atoms with Gasteiger partial charge in [0.2, 0.25) is 12.0 Å². The summed E-state index contributed by atoms with van der Waals surface area (Å²) >= 11 is 0. The molecule has 1 aromatic rings. The van der Waals surface area contributed by atoms with Gasteiger partial charge < -0.3 is 19.9 Å².